The molecule has 0 bridgehead atoms. The Hall–Kier alpha value is -1.21. The lowest BCUT2D eigenvalue weighted by Crippen LogP contribution is -2.30. The zero-order valence-electron chi connectivity index (χ0n) is 11.5. The molecule has 0 fully saturated rings. The molecule has 0 unspecified atom stereocenters. The summed E-state index contributed by atoms with van der Waals surface area (Å²) in [6, 6.07) is 9.57. The number of benzene rings is 1. The second-order valence-corrected chi connectivity index (χ2v) is 8.05. The van der Waals surface area contributed by atoms with Gasteiger partial charge in [0.15, 0.2) is 0 Å². The van der Waals surface area contributed by atoms with E-state index in [4.69, 9.17) is 5.11 Å². The average Bonchev–Trinajstić information content (AvgIpc) is 2.87. The van der Waals surface area contributed by atoms with Crippen LogP contribution in [0.2, 0.25) is 0 Å². The van der Waals surface area contributed by atoms with E-state index in [1.165, 1.54) is 16.9 Å². The molecule has 2 aromatic rings. The van der Waals surface area contributed by atoms with Gasteiger partial charge in [0, 0.05) is 23.3 Å². The Balaban J connectivity index is 1.92. The summed E-state index contributed by atoms with van der Waals surface area (Å²) in [5.41, 5.74) is 2.31. The summed E-state index contributed by atoms with van der Waals surface area (Å²) in [5.74, 6) is 0. The number of aliphatic hydroxyl groups is 1. The van der Waals surface area contributed by atoms with Crippen molar-refractivity contribution >= 4 is 21.4 Å². The van der Waals surface area contributed by atoms with Crippen molar-refractivity contribution < 1.29 is 13.5 Å². The van der Waals surface area contributed by atoms with Crippen LogP contribution in [0, 0.1) is 0 Å². The van der Waals surface area contributed by atoms with Crippen LogP contribution in [-0.4, -0.2) is 24.4 Å². The molecular formula is C15H17NO3S2. The molecule has 0 radical (unpaired) electrons. The standard InChI is InChI=1S/C15H17NO3S2/c17-10-14-8-15(11-20-14)21(18,19)16-7-3-6-12-4-1-2-5-13(12)9-16/h1-2,4-5,8,11,17H,3,6-7,9-10H2. The van der Waals surface area contributed by atoms with Crippen molar-refractivity contribution in [3.8, 4) is 0 Å². The predicted molar refractivity (Wildman–Crippen MR) is 82.6 cm³/mol. The first-order chi connectivity index (χ1) is 10.1. The summed E-state index contributed by atoms with van der Waals surface area (Å²) in [6.45, 7) is 0.827. The maximum Gasteiger partial charge on any atom is 0.244 e. The summed E-state index contributed by atoms with van der Waals surface area (Å²) in [4.78, 5) is 0.958. The first kappa shape index (κ1) is 14.7. The highest BCUT2D eigenvalue weighted by atomic mass is 32.2. The number of nitrogens with zero attached hydrogens (tertiary/aromatic N) is 1. The Morgan fingerprint density at radius 3 is 2.71 bits per heavy atom. The molecule has 112 valence electrons. The zero-order chi connectivity index (χ0) is 14.9. The number of hydrogen-bond donors (Lipinski definition) is 1. The molecule has 0 atom stereocenters. The third-order valence-corrected chi connectivity index (χ3v) is 6.64. The van der Waals surface area contributed by atoms with Gasteiger partial charge in [-0.25, -0.2) is 8.42 Å². The number of fused-ring (bicyclic) bond motifs is 1. The number of thiophene rings is 1. The van der Waals surface area contributed by atoms with Gasteiger partial charge < -0.3 is 5.11 Å². The first-order valence-corrected chi connectivity index (χ1v) is 9.18. The zero-order valence-corrected chi connectivity index (χ0v) is 13.2. The molecule has 1 aliphatic heterocycles. The summed E-state index contributed by atoms with van der Waals surface area (Å²) >= 11 is 1.28. The third-order valence-electron chi connectivity index (χ3n) is 3.74. The maximum absolute atomic E-state index is 12.7. The molecule has 0 saturated carbocycles. The normalized spacial score (nSPS) is 16.4. The van der Waals surface area contributed by atoms with Gasteiger partial charge in [-0.05, 0) is 30.0 Å². The molecule has 21 heavy (non-hydrogen) atoms. The molecule has 1 aliphatic rings. The van der Waals surface area contributed by atoms with E-state index in [-0.39, 0.29) is 11.5 Å². The molecule has 6 heteroatoms. The van der Waals surface area contributed by atoms with Crippen molar-refractivity contribution in [2.75, 3.05) is 6.54 Å². The van der Waals surface area contributed by atoms with Gasteiger partial charge in [0.2, 0.25) is 10.0 Å². The van der Waals surface area contributed by atoms with Gasteiger partial charge in [0.05, 0.1) is 11.5 Å². The van der Waals surface area contributed by atoms with Crippen LogP contribution in [0.5, 0.6) is 0 Å². The van der Waals surface area contributed by atoms with E-state index in [2.05, 4.69) is 6.07 Å². The fourth-order valence-corrected chi connectivity index (χ4v) is 5.18. The summed E-state index contributed by atoms with van der Waals surface area (Å²) in [6.07, 6.45) is 1.74. The molecule has 0 saturated heterocycles. The predicted octanol–water partition coefficient (Wildman–Crippen LogP) is 2.38. The van der Waals surface area contributed by atoms with Crippen molar-refractivity contribution in [3.05, 3.63) is 51.7 Å². The van der Waals surface area contributed by atoms with Gasteiger partial charge in [-0.1, -0.05) is 24.3 Å². The van der Waals surface area contributed by atoms with Crippen molar-refractivity contribution in [3.63, 3.8) is 0 Å². The molecule has 3 rings (SSSR count). The molecule has 2 heterocycles. The minimum atomic E-state index is -3.48. The van der Waals surface area contributed by atoms with E-state index in [1.54, 1.807) is 15.8 Å². The smallest absolute Gasteiger partial charge is 0.244 e. The van der Waals surface area contributed by atoms with Crippen LogP contribution in [0.1, 0.15) is 22.4 Å². The fourth-order valence-electron chi connectivity index (χ4n) is 2.60. The molecule has 0 spiro atoms. The molecule has 1 aromatic heterocycles. The Morgan fingerprint density at radius 1 is 1.24 bits per heavy atom. The van der Waals surface area contributed by atoms with E-state index in [1.807, 2.05) is 18.2 Å². The first-order valence-electron chi connectivity index (χ1n) is 6.86. The minimum absolute atomic E-state index is 0.122. The van der Waals surface area contributed by atoms with E-state index >= 15 is 0 Å². The largest absolute Gasteiger partial charge is 0.391 e. The van der Waals surface area contributed by atoms with Gasteiger partial charge in [-0.2, -0.15) is 4.31 Å². The fraction of sp³-hybridized carbons (Fsp3) is 0.333. The lowest BCUT2D eigenvalue weighted by molar-refractivity contribution is 0.285. The highest BCUT2D eigenvalue weighted by Gasteiger charge is 2.27. The van der Waals surface area contributed by atoms with Crippen LogP contribution < -0.4 is 0 Å². The lowest BCUT2D eigenvalue weighted by Gasteiger charge is -2.19. The van der Waals surface area contributed by atoms with Crippen LogP contribution in [0.15, 0.2) is 40.6 Å². The third kappa shape index (κ3) is 2.89. The summed E-state index contributed by atoms with van der Waals surface area (Å²) < 4.78 is 27.0. The van der Waals surface area contributed by atoms with Crippen LogP contribution in [0.3, 0.4) is 0 Å². The monoisotopic (exact) mass is 323 g/mol. The van der Waals surface area contributed by atoms with Crippen LogP contribution in [-0.2, 0) is 29.6 Å². The van der Waals surface area contributed by atoms with E-state index in [9.17, 15) is 8.42 Å². The Bertz CT molecular complexity index is 737. The molecule has 1 aromatic carbocycles. The van der Waals surface area contributed by atoms with Crippen LogP contribution in [0.4, 0.5) is 0 Å². The Labute approximate surface area is 128 Å². The number of aryl methyl sites for hydroxylation is 1. The van der Waals surface area contributed by atoms with E-state index in [0.29, 0.717) is 18.0 Å². The van der Waals surface area contributed by atoms with Crippen molar-refractivity contribution in [1.82, 2.24) is 4.31 Å². The molecular weight excluding hydrogens is 306 g/mol. The second-order valence-electron chi connectivity index (χ2n) is 5.12. The quantitative estimate of drug-likeness (QED) is 0.943. The van der Waals surface area contributed by atoms with E-state index < -0.39 is 10.0 Å². The Morgan fingerprint density at radius 2 is 2.00 bits per heavy atom. The van der Waals surface area contributed by atoms with E-state index in [0.717, 1.165) is 18.4 Å². The summed E-state index contributed by atoms with van der Waals surface area (Å²) in [7, 11) is -3.48. The molecule has 0 amide bonds. The SMILES string of the molecule is O=S(=O)(c1csc(CO)c1)N1CCCc2ccccc2C1. The number of rotatable bonds is 3. The summed E-state index contributed by atoms with van der Waals surface area (Å²) in [5, 5.41) is 10.7. The van der Waals surface area contributed by atoms with Gasteiger partial charge in [-0.15, -0.1) is 11.3 Å². The van der Waals surface area contributed by atoms with Crippen molar-refractivity contribution in [2.45, 2.75) is 30.9 Å². The Kier molecular flexibility index (Phi) is 4.12. The highest BCUT2D eigenvalue weighted by Crippen LogP contribution is 2.27. The maximum atomic E-state index is 12.7. The lowest BCUT2D eigenvalue weighted by atomic mass is 10.0. The van der Waals surface area contributed by atoms with Gasteiger partial charge in [0.1, 0.15) is 0 Å². The van der Waals surface area contributed by atoms with Crippen molar-refractivity contribution in [1.29, 1.82) is 0 Å². The highest BCUT2D eigenvalue weighted by molar-refractivity contribution is 7.89. The number of hydrogen-bond acceptors (Lipinski definition) is 4. The molecule has 0 aliphatic carbocycles. The van der Waals surface area contributed by atoms with Gasteiger partial charge in [0.25, 0.3) is 0 Å². The van der Waals surface area contributed by atoms with Crippen molar-refractivity contribution in [2.24, 2.45) is 0 Å². The second kappa shape index (κ2) is 5.88. The number of aliphatic hydroxyl groups excluding tert-OH is 1. The average molecular weight is 323 g/mol. The van der Waals surface area contributed by atoms with Crippen LogP contribution in [0.25, 0.3) is 0 Å². The van der Waals surface area contributed by atoms with Gasteiger partial charge in [-0.3, -0.25) is 0 Å². The molecule has 1 N–H and O–H groups in total. The molecule has 4 nitrogen and oxygen atoms in total. The minimum Gasteiger partial charge on any atom is -0.391 e. The topological polar surface area (TPSA) is 57.6 Å². The number of sulfonamides is 1. The van der Waals surface area contributed by atoms with Gasteiger partial charge >= 0.3 is 0 Å². The van der Waals surface area contributed by atoms with Crippen LogP contribution >= 0.6 is 11.3 Å².